The molecule has 8 nitrogen and oxygen atoms in total. The molecule has 1 aromatic carbocycles. The molecule has 0 aliphatic carbocycles. The molecular weight excluding hydrogens is 502 g/mol. The number of rotatable bonds is 8. The van der Waals surface area contributed by atoms with E-state index < -0.39 is 0 Å². The Kier molecular flexibility index (Phi) is 6.93. The molecule has 0 bridgehead atoms. The summed E-state index contributed by atoms with van der Waals surface area (Å²) in [6, 6.07) is 7.35. The smallest absolute Gasteiger partial charge is 0.234 e. The first-order valence-electron chi connectivity index (χ1n) is 11.5. The van der Waals surface area contributed by atoms with Crippen molar-refractivity contribution in [1.29, 1.82) is 0 Å². The van der Waals surface area contributed by atoms with Gasteiger partial charge < -0.3 is 14.8 Å². The number of thiophene rings is 1. The van der Waals surface area contributed by atoms with Crippen LogP contribution >= 0.6 is 34.9 Å². The van der Waals surface area contributed by atoms with E-state index in [0.717, 1.165) is 45.3 Å². The van der Waals surface area contributed by atoms with Gasteiger partial charge in [-0.3, -0.25) is 4.79 Å². The first-order valence-corrected chi connectivity index (χ1v) is 14.5. The molecule has 0 radical (unpaired) electrons. The standard InChI is InChI=1S/C24H27N5O3S3/c1-5-24(3)11-16-17(12-32-24)35-21-19(16)20-27-28-23(29(20)22(26-21)33-4)34-13-18(30)25-14-7-9-15(10-8-14)31-6-2/h7-10H,5-6,11-13H2,1-4H3,(H,25,30). The summed E-state index contributed by atoms with van der Waals surface area (Å²) in [6.07, 6.45) is 3.76. The van der Waals surface area contributed by atoms with Crippen molar-refractivity contribution in [2.75, 3.05) is 23.9 Å². The van der Waals surface area contributed by atoms with Crippen molar-refractivity contribution in [1.82, 2.24) is 19.6 Å². The number of hydrogen-bond acceptors (Lipinski definition) is 9. The molecule has 1 unspecified atom stereocenters. The van der Waals surface area contributed by atoms with Crippen molar-refractivity contribution in [2.45, 2.75) is 56.1 Å². The number of hydrogen-bond donors (Lipinski definition) is 1. The number of amides is 1. The van der Waals surface area contributed by atoms with E-state index in [1.54, 1.807) is 23.1 Å². The van der Waals surface area contributed by atoms with E-state index in [1.165, 1.54) is 22.2 Å². The van der Waals surface area contributed by atoms with Crippen molar-refractivity contribution in [3.63, 3.8) is 0 Å². The summed E-state index contributed by atoms with van der Waals surface area (Å²) >= 11 is 4.58. The Morgan fingerprint density at radius 1 is 1.26 bits per heavy atom. The largest absolute Gasteiger partial charge is 0.494 e. The Balaban J connectivity index is 1.40. The zero-order chi connectivity index (χ0) is 24.6. The summed E-state index contributed by atoms with van der Waals surface area (Å²) in [7, 11) is 0. The molecule has 4 aromatic rings. The molecule has 1 aliphatic rings. The van der Waals surface area contributed by atoms with Crippen LogP contribution in [0.3, 0.4) is 0 Å². The predicted molar refractivity (Wildman–Crippen MR) is 142 cm³/mol. The van der Waals surface area contributed by atoms with Crippen LogP contribution in [0.4, 0.5) is 5.69 Å². The van der Waals surface area contributed by atoms with E-state index in [0.29, 0.717) is 18.4 Å². The van der Waals surface area contributed by atoms with Gasteiger partial charge in [0.1, 0.15) is 10.6 Å². The lowest BCUT2D eigenvalue weighted by Gasteiger charge is -2.32. The van der Waals surface area contributed by atoms with Crippen molar-refractivity contribution in [3.8, 4) is 5.75 Å². The quantitative estimate of drug-likeness (QED) is 0.239. The molecule has 1 atom stereocenters. The molecule has 3 aromatic heterocycles. The summed E-state index contributed by atoms with van der Waals surface area (Å²) in [5.74, 6) is 0.877. The summed E-state index contributed by atoms with van der Waals surface area (Å²) in [5, 5.41) is 14.5. The van der Waals surface area contributed by atoms with Crippen LogP contribution in [0, 0.1) is 0 Å². The molecule has 1 N–H and O–H groups in total. The molecule has 0 saturated carbocycles. The second-order valence-corrected chi connectivity index (χ2v) is 11.3. The fourth-order valence-corrected chi connectivity index (χ4v) is 6.59. The fourth-order valence-electron chi connectivity index (χ4n) is 4.10. The number of ether oxygens (including phenoxy) is 2. The van der Waals surface area contributed by atoms with E-state index in [4.69, 9.17) is 14.5 Å². The first-order chi connectivity index (χ1) is 16.9. The minimum absolute atomic E-state index is 0.112. The normalized spacial score (nSPS) is 17.6. The molecule has 0 spiro atoms. The van der Waals surface area contributed by atoms with Gasteiger partial charge in [0.25, 0.3) is 0 Å². The van der Waals surface area contributed by atoms with Crippen LogP contribution in [0.1, 0.15) is 37.6 Å². The highest BCUT2D eigenvalue weighted by Crippen LogP contribution is 2.42. The van der Waals surface area contributed by atoms with Crippen LogP contribution in [0.5, 0.6) is 5.75 Å². The van der Waals surface area contributed by atoms with Gasteiger partial charge in [0.15, 0.2) is 16.0 Å². The van der Waals surface area contributed by atoms with Gasteiger partial charge in [-0.15, -0.1) is 21.5 Å². The molecule has 0 fully saturated rings. The zero-order valence-corrected chi connectivity index (χ0v) is 22.5. The maximum Gasteiger partial charge on any atom is 0.234 e. The van der Waals surface area contributed by atoms with Crippen molar-refractivity contribution < 1.29 is 14.3 Å². The lowest BCUT2D eigenvalue weighted by molar-refractivity contribution is -0.113. The third-order valence-electron chi connectivity index (χ3n) is 6.13. The van der Waals surface area contributed by atoms with Crippen LogP contribution in [-0.2, 0) is 22.6 Å². The Morgan fingerprint density at radius 2 is 2.06 bits per heavy atom. The molecule has 4 heterocycles. The van der Waals surface area contributed by atoms with Gasteiger partial charge in [0.05, 0.1) is 30.0 Å². The highest BCUT2D eigenvalue weighted by Gasteiger charge is 2.33. The highest BCUT2D eigenvalue weighted by atomic mass is 32.2. The number of fused-ring (bicyclic) bond motifs is 5. The minimum Gasteiger partial charge on any atom is -0.494 e. The second kappa shape index (κ2) is 9.96. The van der Waals surface area contributed by atoms with E-state index in [9.17, 15) is 4.79 Å². The number of carbonyl (C=O) groups is 1. The zero-order valence-electron chi connectivity index (χ0n) is 20.1. The first kappa shape index (κ1) is 24.4. The van der Waals surface area contributed by atoms with E-state index in [-0.39, 0.29) is 17.3 Å². The summed E-state index contributed by atoms with van der Waals surface area (Å²) in [6.45, 7) is 7.46. The van der Waals surface area contributed by atoms with E-state index >= 15 is 0 Å². The van der Waals surface area contributed by atoms with E-state index in [1.807, 2.05) is 41.8 Å². The van der Waals surface area contributed by atoms with Gasteiger partial charge in [0.2, 0.25) is 5.91 Å². The maximum absolute atomic E-state index is 12.6. The van der Waals surface area contributed by atoms with Gasteiger partial charge in [-0.05, 0) is 56.4 Å². The number of carbonyl (C=O) groups excluding carboxylic acids is 1. The predicted octanol–water partition coefficient (Wildman–Crippen LogP) is 5.43. The molecule has 5 rings (SSSR count). The lowest BCUT2D eigenvalue weighted by Crippen LogP contribution is -2.33. The van der Waals surface area contributed by atoms with Gasteiger partial charge in [-0.25, -0.2) is 9.38 Å². The summed E-state index contributed by atoms with van der Waals surface area (Å²) in [4.78, 5) is 19.7. The topological polar surface area (TPSA) is 90.6 Å². The Labute approximate surface area is 216 Å². The number of nitrogens with one attached hydrogen (secondary N) is 1. The Bertz CT molecular complexity index is 1390. The van der Waals surface area contributed by atoms with Gasteiger partial charge >= 0.3 is 0 Å². The van der Waals surface area contributed by atoms with Gasteiger partial charge in [-0.1, -0.05) is 30.4 Å². The van der Waals surface area contributed by atoms with Crippen molar-refractivity contribution in [3.05, 3.63) is 34.7 Å². The third-order valence-corrected chi connectivity index (χ3v) is 8.80. The number of aromatic nitrogens is 4. The van der Waals surface area contributed by atoms with Crippen LogP contribution < -0.4 is 10.1 Å². The van der Waals surface area contributed by atoms with Crippen LogP contribution in [0.25, 0.3) is 15.9 Å². The summed E-state index contributed by atoms with van der Waals surface area (Å²) in [5.41, 5.74) is 2.60. The Hall–Kier alpha value is -2.34. The number of nitrogens with zero attached hydrogens (tertiary/aromatic N) is 4. The molecule has 0 saturated heterocycles. The van der Waals surface area contributed by atoms with Gasteiger partial charge in [-0.2, -0.15) is 0 Å². The second-order valence-electron chi connectivity index (χ2n) is 8.49. The SMILES string of the molecule is CCOc1ccc(NC(=O)CSc2nnc3c4c5c(sc4nc(SC)n23)COC(C)(CC)C5)cc1. The van der Waals surface area contributed by atoms with E-state index in [2.05, 4.69) is 29.4 Å². The van der Waals surface area contributed by atoms with Crippen LogP contribution in [0.2, 0.25) is 0 Å². The molecular formula is C24H27N5O3S3. The number of thioether (sulfide) groups is 2. The lowest BCUT2D eigenvalue weighted by atomic mass is 9.90. The Morgan fingerprint density at radius 3 is 2.77 bits per heavy atom. The number of anilines is 1. The van der Waals surface area contributed by atoms with Crippen LogP contribution in [-0.4, -0.2) is 49.7 Å². The molecule has 11 heteroatoms. The molecule has 35 heavy (non-hydrogen) atoms. The highest BCUT2D eigenvalue weighted by molar-refractivity contribution is 8.00. The third kappa shape index (κ3) is 4.74. The molecule has 1 aliphatic heterocycles. The molecule has 184 valence electrons. The van der Waals surface area contributed by atoms with Crippen molar-refractivity contribution in [2.24, 2.45) is 0 Å². The van der Waals surface area contributed by atoms with Crippen molar-refractivity contribution >= 4 is 62.3 Å². The minimum atomic E-state index is -0.188. The monoisotopic (exact) mass is 529 g/mol. The van der Waals surface area contributed by atoms with Crippen LogP contribution in [0.15, 0.2) is 34.6 Å². The average Bonchev–Trinajstić information content (AvgIpc) is 3.44. The number of benzene rings is 1. The summed E-state index contributed by atoms with van der Waals surface area (Å²) < 4.78 is 13.6. The molecule has 1 amide bonds. The fraction of sp³-hybridized carbons (Fsp3) is 0.417. The average molecular weight is 530 g/mol. The maximum atomic E-state index is 12.6. The van der Waals surface area contributed by atoms with Gasteiger partial charge in [0, 0.05) is 17.0 Å².